The first kappa shape index (κ1) is 20.3. The van der Waals surface area contributed by atoms with Gasteiger partial charge in [-0.2, -0.15) is 0 Å². The number of nitrogens with zero attached hydrogens (tertiary/aromatic N) is 3. The van der Waals surface area contributed by atoms with Gasteiger partial charge in [-0.1, -0.05) is 28.9 Å². The summed E-state index contributed by atoms with van der Waals surface area (Å²) >= 11 is 0. The normalized spacial score (nSPS) is 14.1. The first-order valence-electron chi connectivity index (χ1n) is 6.03. The van der Waals surface area contributed by atoms with Crippen molar-refractivity contribution in [3.05, 3.63) is 41.7 Å². The standard InChI is InChI=1S/C13H18N3O2S.Na.H2O/c1-11-13(14(2)10-19(17)18)9-16(15(11)3)12-7-5-4-6-8-12;;/h4-8H,9-10H2,1-3H3;;1H2/q-1;+1;. The van der Waals surface area contributed by atoms with E-state index in [1.807, 2.05) is 44.3 Å². The third-order valence-corrected chi connectivity index (χ3v) is 3.98. The van der Waals surface area contributed by atoms with Gasteiger partial charge in [-0.15, -0.1) is 0 Å². The zero-order valence-electron chi connectivity index (χ0n) is 12.9. The topological polar surface area (TPSA) is 75.4 Å². The minimum atomic E-state index is -2.07. The fourth-order valence-corrected chi connectivity index (χ4v) is 2.70. The van der Waals surface area contributed by atoms with Crippen molar-refractivity contribution in [1.29, 1.82) is 0 Å². The number of benzene rings is 1. The van der Waals surface area contributed by atoms with Crippen LogP contribution in [0.2, 0.25) is 0 Å². The molecule has 0 radical (unpaired) electrons. The molecule has 1 aromatic carbocycles. The van der Waals surface area contributed by atoms with Crippen molar-refractivity contribution < 1.29 is 43.5 Å². The molecule has 1 aliphatic heterocycles. The van der Waals surface area contributed by atoms with Crippen LogP contribution in [0, 0.1) is 0 Å². The zero-order valence-corrected chi connectivity index (χ0v) is 15.7. The predicted molar refractivity (Wildman–Crippen MR) is 79.2 cm³/mol. The Labute approximate surface area is 149 Å². The Morgan fingerprint density at radius 3 is 2.33 bits per heavy atom. The van der Waals surface area contributed by atoms with Crippen LogP contribution in [-0.4, -0.2) is 41.9 Å². The second-order valence-corrected chi connectivity index (χ2v) is 5.45. The smallest absolute Gasteiger partial charge is 0.423 e. The van der Waals surface area contributed by atoms with Gasteiger partial charge in [-0.05, 0) is 24.9 Å². The molecule has 0 atom stereocenters. The summed E-state index contributed by atoms with van der Waals surface area (Å²) in [4.78, 5) is 1.78. The van der Waals surface area contributed by atoms with Crippen LogP contribution in [0.5, 0.6) is 0 Å². The molecule has 0 amide bonds. The van der Waals surface area contributed by atoms with Gasteiger partial charge in [0, 0.05) is 14.1 Å². The van der Waals surface area contributed by atoms with Crippen molar-refractivity contribution in [1.82, 2.24) is 9.91 Å². The van der Waals surface area contributed by atoms with Crippen molar-refractivity contribution in [3.8, 4) is 0 Å². The fourth-order valence-electron chi connectivity index (χ4n) is 2.23. The number of likely N-dealkylation sites (N-methyl/N-ethyl adjacent to an activating group) is 1. The molecule has 0 saturated heterocycles. The number of para-hydroxylation sites is 1. The summed E-state index contributed by atoms with van der Waals surface area (Å²) < 4.78 is 21.6. The maximum atomic E-state index is 10.8. The number of hydrogen-bond acceptors (Lipinski definition) is 6. The molecule has 0 bridgehead atoms. The minimum Gasteiger partial charge on any atom is -0.423 e. The van der Waals surface area contributed by atoms with E-state index in [1.54, 1.807) is 11.9 Å². The fraction of sp³-hybridized carbons (Fsp3) is 0.385. The summed E-state index contributed by atoms with van der Waals surface area (Å²) in [6.45, 7) is 2.68. The Kier molecular flexibility index (Phi) is 8.35. The van der Waals surface area contributed by atoms with Gasteiger partial charge in [-0.25, -0.2) is 0 Å². The summed E-state index contributed by atoms with van der Waals surface area (Å²) in [6.07, 6.45) is 0. The Hall–Kier alpha value is -0.730. The van der Waals surface area contributed by atoms with E-state index in [1.165, 1.54) is 0 Å². The maximum Gasteiger partial charge on any atom is 1.00 e. The largest absolute Gasteiger partial charge is 1.00 e. The molecule has 0 saturated carbocycles. The van der Waals surface area contributed by atoms with Crippen LogP contribution in [0.1, 0.15) is 6.92 Å². The van der Waals surface area contributed by atoms with Crippen LogP contribution in [-0.2, 0) is 19.1 Å². The van der Waals surface area contributed by atoms with E-state index in [4.69, 9.17) is 0 Å². The summed E-state index contributed by atoms with van der Waals surface area (Å²) in [5, 5.41) is 4.17. The molecule has 2 N–H and O–H groups in total. The van der Waals surface area contributed by atoms with Crippen LogP contribution >= 0.6 is 0 Å². The molecule has 0 aromatic heterocycles. The van der Waals surface area contributed by atoms with Crippen molar-refractivity contribution in [2.75, 3.05) is 31.5 Å². The molecule has 6 nitrogen and oxygen atoms in total. The third-order valence-electron chi connectivity index (χ3n) is 3.38. The third kappa shape index (κ3) is 4.62. The molecule has 1 aromatic rings. The molecular weight excluding hydrogens is 301 g/mol. The van der Waals surface area contributed by atoms with E-state index in [9.17, 15) is 8.42 Å². The van der Waals surface area contributed by atoms with E-state index in [0.29, 0.717) is 6.54 Å². The number of hydrogen-bond donors (Lipinski definition) is 0. The quantitative estimate of drug-likeness (QED) is 0.472. The summed E-state index contributed by atoms with van der Waals surface area (Å²) in [5.41, 5.74) is 3.18. The molecule has 0 unspecified atom stereocenters. The van der Waals surface area contributed by atoms with Crippen LogP contribution < -0.4 is 34.6 Å². The Bertz CT molecular complexity index is 555. The average Bonchev–Trinajstić information content (AvgIpc) is 2.67. The van der Waals surface area contributed by atoms with E-state index in [2.05, 4.69) is 10.0 Å². The van der Waals surface area contributed by atoms with E-state index in [-0.39, 0.29) is 40.9 Å². The summed E-state index contributed by atoms with van der Waals surface area (Å²) in [5.74, 6) is 0.0170. The molecule has 1 heterocycles. The van der Waals surface area contributed by atoms with Crippen molar-refractivity contribution in [3.63, 3.8) is 0 Å². The van der Waals surface area contributed by atoms with Gasteiger partial charge >= 0.3 is 29.6 Å². The average molecular weight is 321 g/mol. The van der Waals surface area contributed by atoms with Crippen LogP contribution in [0.25, 0.3) is 0 Å². The molecule has 21 heavy (non-hydrogen) atoms. The van der Waals surface area contributed by atoms with E-state index in [0.717, 1.165) is 17.1 Å². The molecule has 1 aliphatic rings. The van der Waals surface area contributed by atoms with Crippen molar-refractivity contribution in [2.45, 2.75) is 6.92 Å². The molecular formula is C13H20N3NaO3S. The number of hydrazine groups is 1. The van der Waals surface area contributed by atoms with Crippen molar-refractivity contribution >= 4 is 16.4 Å². The second kappa shape index (κ2) is 8.65. The van der Waals surface area contributed by atoms with Gasteiger partial charge < -0.3 is 18.8 Å². The maximum absolute atomic E-state index is 10.8. The van der Waals surface area contributed by atoms with Gasteiger partial charge in [-0.3, -0.25) is 10.0 Å². The van der Waals surface area contributed by atoms with E-state index >= 15 is 0 Å². The van der Waals surface area contributed by atoms with Crippen LogP contribution in [0.3, 0.4) is 0 Å². The monoisotopic (exact) mass is 321 g/mol. The molecule has 0 fully saturated rings. The first-order chi connectivity index (χ1) is 9.00. The van der Waals surface area contributed by atoms with Crippen LogP contribution in [0.4, 0.5) is 5.69 Å². The Balaban J connectivity index is 0.00000200. The number of allylic oxidation sites excluding steroid dienone is 1. The van der Waals surface area contributed by atoms with Crippen LogP contribution in [0.15, 0.2) is 41.7 Å². The van der Waals surface area contributed by atoms with E-state index < -0.39 is 10.7 Å². The van der Waals surface area contributed by atoms with Gasteiger partial charge in [0.05, 0.1) is 23.6 Å². The SMILES string of the molecule is CC1=C(N(C)C[S-](=O)=O)CN(c2ccccc2)N1C.O.[Na+]. The molecule has 0 spiro atoms. The summed E-state index contributed by atoms with van der Waals surface area (Å²) in [7, 11) is 1.72. The number of rotatable bonds is 4. The number of anilines is 1. The molecule has 0 aliphatic carbocycles. The molecule has 8 heteroatoms. The zero-order chi connectivity index (χ0) is 14.0. The first-order valence-corrected chi connectivity index (χ1v) is 7.28. The molecule has 2 rings (SSSR count). The summed E-state index contributed by atoms with van der Waals surface area (Å²) in [6, 6.07) is 10.0. The van der Waals surface area contributed by atoms with Gasteiger partial charge in [0.2, 0.25) is 0 Å². The van der Waals surface area contributed by atoms with Gasteiger partial charge in [0.25, 0.3) is 0 Å². The van der Waals surface area contributed by atoms with Gasteiger partial charge in [0.15, 0.2) is 0 Å². The second-order valence-electron chi connectivity index (χ2n) is 4.58. The Morgan fingerprint density at radius 2 is 1.81 bits per heavy atom. The molecule has 112 valence electrons. The van der Waals surface area contributed by atoms with Crippen molar-refractivity contribution in [2.24, 2.45) is 0 Å². The minimum absolute atomic E-state index is 0. The predicted octanol–water partition coefficient (Wildman–Crippen LogP) is -2.04. The van der Waals surface area contributed by atoms with Gasteiger partial charge in [0.1, 0.15) is 0 Å². The Morgan fingerprint density at radius 1 is 1.24 bits per heavy atom.